The summed E-state index contributed by atoms with van der Waals surface area (Å²) in [7, 11) is 1.93. The van der Waals surface area contributed by atoms with Crippen LogP contribution in [0.1, 0.15) is 5.82 Å². The second-order valence-electron chi connectivity index (χ2n) is 3.41. The largest absolute Gasteiger partial charge is 0.377 e. The quantitative estimate of drug-likeness (QED) is 0.877. The highest BCUT2D eigenvalue weighted by atomic mass is 127. The summed E-state index contributed by atoms with van der Waals surface area (Å²) in [6.07, 6.45) is 3.63. The molecule has 0 atom stereocenters. The maximum absolute atomic E-state index is 13.3. The van der Waals surface area contributed by atoms with Gasteiger partial charge in [-0.05, 0) is 34.7 Å². The van der Waals surface area contributed by atoms with Crippen molar-refractivity contribution >= 4 is 28.3 Å². The molecule has 0 fully saturated rings. The molecule has 84 valence electrons. The molecule has 0 aliphatic carbocycles. The highest BCUT2D eigenvalue weighted by molar-refractivity contribution is 14.1. The van der Waals surface area contributed by atoms with Crippen molar-refractivity contribution in [2.24, 2.45) is 7.05 Å². The van der Waals surface area contributed by atoms with Crippen LogP contribution in [0.4, 0.5) is 10.1 Å². The molecule has 0 unspecified atom stereocenters. The monoisotopic (exact) mass is 331 g/mol. The number of aryl methyl sites for hydroxylation is 1. The second-order valence-corrected chi connectivity index (χ2v) is 4.49. The van der Waals surface area contributed by atoms with Gasteiger partial charge in [-0.1, -0.05) is 6.07 Å². The summed E-state index contributed by atoms with van der Waals surface area (Å²) in [5, 5.41) is 3.17. The molecule has 1 aromatic heterocycles. The number of rotatable bonds is 3. The fourth-order valence-corrected chi connectivity index (χ4v) is 1.93. The molecular formula is C11H11FIN3. The van der Waals surface area contributed by atoms with Gasteiger partial charge in [-0.3, -0.25) is 0 Å². The van der Waals surface area contributed by atoms with Gasteiger partial charge in [-0.25, -0.2) is 9.37 Å². The van der Waals surface area contributed by atoms with E-state index < -0.39 is 0 Å². The predicted octanol–water partition coefficient (Wildman–Crippen LogP) is 2.78. The molecule has 0 spiro atoms. The Kier molecular flexibility index (Phi) is 3.42. The smallest absolute Gasteiger partial charge is 0.138 e. The van der Waals surface area contributed by atoms with E-state index in [2.05, 4.69) is 10.3 Å². The minimum atomic E-state index is -0.203. The Bertz CT molecular complexity index is 496. The fraction of sp³-hybridized carbons (Fsp3) is 0.182. The van der Waals surface area contributed by atoms with E-state index in [1.165, 1.54) is 6.07 Å². The minimum Gasteiger partial charge on any atom is -0.377 e. The number of hydrogen-bond acceptors (Lipinski definition) is 2. The lowest BCUT2D eigenvalue weighted by Crippen LogP contribution is -2.07. The Morgan fingerprint density at radius 3 is 3.00 bits per heavy atom. The van der Waals surface area contributed by atoms with Gasteiger partial charge in [0.2, 0.25) is 0 Å². The zero-order valence-corrected chi connectivity index (χ0v) is 10.9. The maximum atomic E-state index is 13.3. The molecule has 1 N–H and O–H groups in total. The zero-order valence-electron chi connectivity index (χ0n) is 8.74. The highest BCUT2D eigenvalue weighted by Crippen LogP contribution is 2.21. The lowest BCUT2D eigenvalue weighted by atomic mass is 10.3. The number of anilines is 1. The van der Waals surface area contributed by atoms with Crippen LogP contribution < -0.4 is 5.32 Å². The first-order chi connectivity index (χ1) is 7.68. The van der Waals surface area contributed by atoms with Gasteiger partial charge in [0.15, 0.2) is 0 Å². The fourth-order valence-electron chi connectivity index (χ4n) is 1.38. The third-order valence-corrected chi connectivity index (χ3v) is 3.41. The second kappa shape index (κ2) is 4.82. The van der Waals surface area contributed by atoms with Crippen molar-refractivity contribution in [3.05, 3.63) is 45.8 Å². The van der Waals surface area contributed by atoms with E-state index in [9.17, 15) is 4.39 Å². The lowest BCUT2D eigenvalue weighted by molar-refractivity contribution is 0.620. The number of aromatic nitrogens is 2. The number of halogens is 2. The summed E-state index contributed by atoms with van der Waals surface area (Å²) in [4.78, 5) is 4.19. The average molecular weight is 331 g/mol. The molecule has 5 heteroatoms. The number of hydrogen-bond donors (Lipinski definition) is 1. The van der Waals surface area contributed by atoms with E-state index in [0.717, 1.165) is 11.5 Å². The van der Waals surface area contributed by atoms with Crippen LogP contribution in [0.15, 0.2) is 30.6 Å². The summed E-state index contributed by atoms with van der Waals surface area (Å²) in [6.45, 7) is 0.586. The standard InChI is InChI=1S/C11H11FIN3/c1-16-6-5-14-10(16)7-15-9-4-2-3-8(12)11(9)13/h2-6,15H,7H2,1H3. The third-order valence-electron chi connectivity index (χ3n) is 2.31. The minimum absolute atomic E-state index is 0.203. The van der Waals surface area contributed by atoms with Crippen molar-refractivity contribution in [2.75, 3.05) is 5.32 Å². The first-order valence-corrected chi connectivity index (χ1v) is 5.90. The summed E-state index contributed by atoms with van der Waals surface area (Å²) >= 11 is 1.99. The van der Waals surface area contributed by atoms with Crippen molar-refractivity contribution < 1.29 is 4.39 Å². The summed E-state index contributed by atoms with van der Waals surface area (Å²) in [5.74, 6) is 0.713. The van der Waals surface area contributed by atoms with Gasteiger partial charge in [0.25, 0.3) is 0 Å². The molecule has 0 saturated heterocycles. The van der Waals surface area contributed by atoms with Crippen molar-refractivity contribution in [1.29, 1.82) is 0 Å². The Balaban J connectivity index is 2.11. The first-order valence-electron chi connectivity index (χ1n) is 4.82. The molecule has 0 radical (unpaired) electrons. The highest BCUT2D eigenvalue weighted by Gasteiger charge is 2.05. The Morgan fingerprint density at radius 2 is 2.31 bits per heavy atom. The number of nitrogens with one attached hydrogen (secondary N) is 1. The Morgan fingerprint density at radius 1 is 1.50 bits per heavy atom. The van der Waals surface area contributed by atoms with Gasteiger partial charge < -0.3 is 9.88 Å². The first kappa shape index (κ1) is 11.4. The average Bonchev–Trinajstić information content (AvgIpc) is 2.67. The van der Waals surface area contributed by atoms with Gasteiger partial charge in [0, 0.05) is 19.4 Å². The molecule has 1 heterocycles. The number of imidazole rings is 1. The maximum Gasteiger partial charge on any atom is 0.138 e. The van der Waals surface area contributed by atoms with Crippen LogP contribution >= 0.6 is 22.6 Å². The van der Waals surface area contributed by atoms with Crippen molar-refractivity contribution in [2.45, 2.75) is 6.54 Å². The van der Waals surface area contributed by atoms with Crippen molar-refractivity contribution in [3.8, 4) is 0 Å². The Labute approximate surface area is 107 Å². The van der Waals surface area contributed by atoms with Crippen molar-refractivity contribution in [1.82, 2.24) is 9.55 Å². The van der Waals surface area contributed by atoms with Gasteiger partial charge in [0.05, 0.1) is 15.8 Å². The van der Waals surface area contributed by atoms with Crippen LogP contribution in [-0.2, 0) is 13.6 Å². The lowest BCUT2D eigenvalue weighted by Gasteiger charge is -2.08. The van der Waals surface area contributed by atoms with Gasteiger partial charge in [-0.2, -0.15) is 0 Å². The van der Waals surface area contributed by atoms with E-state index in [4.69, 9.17) is 0 Å². The molecule has 2 aromatic rings. The molecule has 0 bridgehead atoms. The van der Waals surface area contributed by atoms with Crippen LogP contribution in [0.3, 0.4) is 0 Å². The van der Waals surface area contributed by atoms with E-state index >= 15 is 0 Å². The van der Waals surface area contributed by atoms with Crippen LogP contribution in [-0.4, -0.2) is 9.55 Å². The van der Waals surface area contributed by atoms with E-state index in [0.29, 0.717) is 10.1 Å². The van der Waals surface area contributed by atoms with Gasteiger partial charge in [-0.15, -0.1) is 0 Å². The summed E-state index contributed by atoms with van der Waals surface area (Å²) < 4.78 is 15.8. The van der Waals surface area contributed by atoms with Gasteiger partial charge in [0.1, 0.15) is 11.6 Å². The van der Waals surface area contributed by atoms with E-state index in [1.807, 2.05) is 46.5 Å². The van der Waals surface area contributed by atoms with E-state index in [1.54, 1.807) is 12.3 Å². The SMILES string of the molecule is Cn1ccnc1CNc1cccc(F)c1I. The molecule has 0 amide bonds. The molecular weight excluding hydrogens is 320 g/mol. The third kappa shape index (κ3) is 2.34. The summed E-state index contributed by atoms with van der Waals surface area (Å²) in [5.41, 5.74) is 0.795. The Hall–Kier alpha value is -1.11. The predicted molar refractivity (Wildman–Crippen MR) is 69.7 cm³/mol. The molecule has 0 aliphatic heterocycles. The zero-order chi connectivity index (χ0) is 11.5. The number of benzene rings is 1. The summed E-state index contributed by atoms with van der Waals surface area (Å²) in [6, 6.07) is 5.00. The van der Waals surface area contributed by atoms with Gasteiger partial charge >= 0.3 is 0 Å². The normalized spacial score (nSPS) is 10.4. The van der Waals surface area contributed by atoms with Crippen LogP contribution in [0, 0.1) is 9.39 Å². The van der Waals surface area contributed by atoms with Crippen LogP contribution in [0.5, 0.6) is 0 Å². The number of nitrogens with zero attached hydrogens (tertiary/aromatic N) is 2. The molecule has 1 aromatic carbocycles. The molecule has 16 heavy (non-hydrogen) atoms. The molecule has 2 rings (SSSR count). The topological polar surface area (TPSA) is 29.9 Å². The van der Waals surface area contributed by atoms with Crippen LogP contribution in [0.25, 0.3) is 0 Å². The van der Waals surface area contributed by atoms with Crippen molar-refractivity contribution in [3.63, 3.8) is 0 Å². The van der Waals surface area contributed by atoms with E-state index in [-0.39, 0.29) is 5.82 Å². The molecule has 0 aliphatic rings. The molecule has 3 nitrogen and oxygen atoms in total. The molecule has 0 saturated carbocycles. The van der Waals surface area contributed by atoms with Crippen LogP contribution in [0.2, 0.25) is 0 Å².